The number of carbonyl (C=O) groups excluding carboxylic acids is 1. The fraction of sp³-hybridized carbons (Fsp3) is 0.865. The highest BCUT2D eigenvalue weighted by Crippen LogP contribution is 2.43. The van der Waals surface area contributed by atoms with Crippen molar-refractivity contribution in [2.75, 3.05) is 33.0 Å². The van der Waals surface area contributed by atoms with Crippen molar-refractivity contribution in [1.29, 1.82) is 0 Å². The van der Waals surface area contributed by atoms with Gasteiger partial charge in [0.1, 0.15) is 12.2 Å². The lowest BCUT2D eigenvalue weighted by molar-refractivity contribution is -0.154. The summed E-state index contributed by atoms with van der Waals surface area (Å²) in [5, 5.41) is 18.3. The van der Waals surface area contributed by atoms with Crippen LogP contribution in [0.2, 0.25) is 0 Å². The maximum Gasteiger partial charge on any atom is 0.472 e. The van der Waals surface area contributed by atoms with Crippen molar-refractivity contribution in [2.45, 2.75) is 174 Å². The van der Waals surface area contributed by atoms with E-state index in [4.69, 9.17) is 23.6 Å². The van der Waals surface area contributed by atoms with Gasteiger partial charge in [0.05, 0.1) is 26.4 Å². The first kappa shape index (κ1) is 45.9. The van der Waals surface area contributed by atoms with Gasteiger partial charge in [-0.15, -0.1) is 0 Å². The number of phosphoric ester groups is 1. The van der Waals surface area contributed by atoms with Gasteiger partial charge in [0.15, 0.2) is 0 Å². The number of esters is 1. The van der Waals surface area contributed by atoms with Crippen molar-refractivity contribution in [3.63, 3.8) is 0 Å². The fourth-order valence-corrected chi connectivity index (χ4v) is 5.76. The van der Waals surface area contributed by atoms with Crippen LogP contribution in [0.15, 0.2) is 24.3 Å². The smallest absolute Gasteiger partial charge is 0.457 e. The van der Waals surface area contributed by atoms with Gasteiger partial charge in [0, 0.05) is 13.0 Å². The van der Waals surface area contributed by atoms with Gasteiger partial charge in [-0.05, 0) is 44.9 Å². The summed E-state index contributed by atoms with van der Waals surface area (Å²) >= 11 is 0. The third-order valence-electron chi connectivity index (χ3n) is 7.89. The van der Waals surface area contributed by atoms with Crippen molar-refractivity contribution < 1.29 is 43.0 Å². The first-order valence-corrected chi connectivity index (χ1v) is 20.3. The predicted octanol–water partition coefficient (Wildman–Crippen LogP) is 9.53. The number of ether oxygens (including phenoxy) is 2. The molecule has 0 radical (unpaired) electrons. The summed E-state index contributed by atoms with van der Waals surface area (Å²) in [5.41, 5.74) is 0. The van der Waals surface area contributed by atoms with Gasteiger partial charge in [-0.25, -0.2) is 4.57 Å². The van der Waals surface area contributed by atoms with Crippen molar-refractivity contribution in [3.05, 3.63) is 24.3 Å². The molecule has 0 aliphatic carbocycles. The Labute approximate surface area is 287 Å². The first-order chi connectivity index (χ1) is 22.8. The first-order valence-electron chi connectivity index (χ1n) is 18.8. The topological polar surface area (TPSA) is 132 Å². The Hall–Kier alpha value is -1.06. The molecule has 0 heterocycles. The second kappa shape index (κ2) is 34.8. The summed E-state index contributed by atoms with van der Waals surface area (Å²) < 4.78 is 33.2. The van der Waals surface area contributed by atoms with Crippen LogP contribution in [0.4, 0.5) is 0 Å². The molecule has 47 heavy (non-hydrogen) atoms. The summed E-state index contributed by atoms with van der Waals surface area (Å²) in [6.07, 6.45) is 32.7. The summed E-state index contributed by atoms with van der Waals surface area (Å²) in [6.45, 7) is 3.47. The number of carbonyl (C=O) groups is 1. The molecule has 3 atom stereocenters. The Morgan fingerprint density at radius 3 is 1.72 bits per heavy atom. The van der Waals surface area contributed by atoms with Crippen molar-refractivity contribution in [1.82, 2.24) is 0 Å². The largest absolute Gasteiger partial charge is 0.472 e. The lowest BCUT2D eigenvalue weighted by Gasteiger charge is -2.20. The van der Waals surface area contributed by atoms with Gasteiger partial charge >= 0.3 is 13.8 Å². The van der Waals surface area contributed by atoms with Crippen LogP contribution in [0.25, 0.3) is 0 Å². The quantitative estimate of drug-likeness (QED) is 0.0254. The molecule has 0 saturated heterocycles. The molecule has 0 aromatic carbocycles. The molecule has 0 spiro atoms. The molecule has 0 aromatic rings. The number of hydrogen-bond acceptors (Lipinski definition) is 8. The summed E-state index contributed by atoms with van der Waals surface area (Å²) in [7, 11) is -4.51. The van der Waals surface area contributed by atoms with Crippen molar-refractivity contribution in [2.24, 2.45) is 0 Å². The van der Waals surface area contributed by atoms with Crippen molar-refractivity contribution >= 4 is 13.8 Å². The van der Waals surface area contributed by atoms with Gasteiger partial charge in [-0.1, -0.05) is 134 Å². The molecule has 0 rings (SSSR count). The maximum absolute atomic E-state index is 12.5. The van der Waals surface area contributed by atoms with Crippen LogP contribution >= 0.6 is 7.82 Å². The van der Waals surface area contributed by atoms with Crippen LogP contribution in [0.3, 0.4) is 0 Å². The van der Waals surface area contributed by atoms with Crippen LogP contribution in [0, 0.1) is 0 Å². The highest BCUT2D eigenvalue weighted by molar-refractivity contribution is 7.47. The van der Waals surface area contributed by atoms with Crippen LogP contribution in [-0.2, 0) is 27.9 Å². The number of phosphoric acid groups is 1. The fourth-order valence-electron chi connectivity index (χ4n) is 4.97. The van der Waals surface area contributed by atoms with E-state index in [-0.39, 0.29) is 19.6 Å². The molecule has 0 bridgehead atoms. The molecule has 278 valence electrons. The normalized spacial score (nSPS) is 14.6. The van der Waals surface area contributed by atoms with Gasteiger partial charge in [-0.3, -0.25) is 13.8 Å². The Morgan fingerprint density at radius 1 is 0.660 bits per heavy atom. The molecule has 9 nitrogen and oxygen atoms in total. The van der Waals surface area contributed by atoms with Gasteiger partial charge in [-0.2, -0.15) is 0 Å². The van der Waals surface area contributed by atoms with Crippen LogP contribution in [0.5, 0.6) is 0 Å². The highest BCUT2D eigenvalue weighted by Gasteiger charge is 2.26. The molecule has 0 amide bonds. The minimum absolute atomic E-state index is 0.0463. The van der Waals surface area contributed by atoms with E-state index in [1.807, 2.05) is 0 Å². The average molecular weight is 691 g/mol. The lowest BCUT2D eigenvalue weighted by Crippen LogP contribution is -2.29. The van der Waals surface area contributed by atoms with Gasteiger partial charge in [0.2, 0.25) is 0 Å². The monoisotopic (exact) mass is 690 g/mol. The zero-order chi connectivity index (χ0) is 34.7. The number of rotatable bonds is 36. The number of allylic oxidation sites excluding steroid dienone is 4. The Bertz CT molecular complexity index is 790. The van der Waals surface area contributed by atoms with Crippen LogP contribution < -0.4 is 0 Å². The average Bonchev–Trinajstić information content (AvgIpc) is 3.06. The van der Waals surface area contributed by atoms with E-state index in [2.05, 4.69) is 38.2 Å². The molecule has 0 aromatic heterocycles. The van der Waals surface area contributed by atoms with Gasteiger partial charge in [0.25, 0.3) is 0 Å². The zero-order valence-electron chi connectivity index (χ0n) is 30.0. The predicted molar refractivity (Wildman–Crippen MR) is 191 cm³/mol. The molecule has 3 N–H and O–H groups in total. The highest BCUT2D eigenvalue weighted by atomic mass is 31.2. The molecule has 3 unspecified atom stereocenters. The molecule has 0 aliphatic heterocycles. The summed E-state index contributed by atoms with van der Waals surface area (Å²) in [4.78, 5) is 22.4. The lowest BCUT2D eigenvalue weighted by atomic mass is 10.1. The number of aliphatic hydroxyl groups excluding tert-OH is 2. The van der Waals surface area contributed by atoms with Crippen molar-refractivity contribution in [3.8, 4) is 0 Å². The SMILES string of the molecule is CCCCCC/C=C\C/C=C\CCCCCCCC(=O)OC(COCCCCCCCCCCCC)COP(=O)(O)OCC(O)CO. The number of aliphatic hydroxyl groups is 2. The Kier molecular flexibility index (Phi) is 34.0. The standard InChI is InChI=1S/C37H71O9P/c1-3-5-7-9-11-13-15-16-17-18-19-20-21-23-25-27-29-37(40)46-36(34-45-47(41,42)44-32-35(39)31-38)33-43-30-28-26-24-22-14-12-10-8-6-4-2/h13,15,17-18,35-36,38-39H,3-12,14,16,19-34H2,1-2H3,(H,41,42)/b15-13-,18-17-. The van der Waals surface area contributed by atoms with E-state index in [0.717, 1.165) is 57.8 Å². The Balaban J connectivity index is 4.25. The van der Waals surface area contributed by atoms with E-state index >= 15 is 0 Å². The third-order valence-corrected chi connectivity index (χ3v) is 8.84. The maximum atomic E-state index is 12.5. The van der Waals surface area contributed by atoms with E-state index in [1.54, 1.807) is 0 Å². The molecular weight excluding hydrogens is 619 g/mol. The van der Waals surface area contributed by atoms with E-state index in [9.17, 15) is 19.4 Å². The number of hydrogen-bond donors (Lipinski definition) is 3. The number of unbranched alkanes of at least 4 members (excludes halogenated alkanes) is 18. The van der Waals surface area contributed by atoms with Gasteiger partial charge < -0.3 is 24.6 Å². The van der Waals surface area contributed by atoms with E-state index in [0.29, 0.717) is 13.0 Å². The molecule has 10 heteroatoms. The van der Waals surface area contributed by atoms with Crippen LogP contribution in [-0.4, -0.2) is 66.3 Å². The molecule has 0 aliphatic rings. The second-order valence-corrected chi connectivity index (χ2v) is 14.1. The zero-order valence-corrected chi connectivity index (χ0v) is 30.9. The van der Waals surface area contributed by atoms with E-state index in [1.165, 1.54) is 77.0 Å². The molecular formula is C37H71O9P. The van der Waals surface area contributed by atoms with E-state index < -0.39 is 39.2 Å². The van der Waals surface area contributed by atoms with Crippen LogP contribution in [0.1, 0.15) is 162 Å². The second-order valence-electron chi connectivity index (χ2n) is 12.6. The Morgan fingerprint density at radius 2 is 1.15 bits per heavy atom. The summed E-state index contributed by atoms with van der Waals surface area (Å²) in [5.74, 6) is -0.396. The minimum Gasteiger partial charge on any atom is -0.457 e. The molecule has 0 fully saturated rings. The summed E-state index contributed by atoms with van der Waals surface area (Å²) in [6, 6.07) is 0. The molecule has 0 saturated carbocycles. The minimum atomic E-state index is -4.51. The third kappa shape index (κ3) is 34.6.